The molecule has 9 nitrogen and oxygen atoms in total. The molecule has 0 aliphatic rings. The van der Waals surface area contributed by atoms with E-state index in [2.05, 4.69) is 34.9 Å². The highest BCUT2D eigenvalue weighted by atomic mass is 79.9. The summed E-state index contributed by atoms with van der Waals surface area (Å²) in [6, 6.07) is 14.6. The summed E-state index contributed by atoms with van der Waals surface area (Å²) in [5, 5.41) is 5.08. The molecule has 0 aliphatic carbocycles. The minimum Gasteiger partial charge on any atom is -0.494 e. The number of nitrogens with two attached hydrogens (primary N) is 1. The van der Waals surface area contributed by atoms with Crippen molar-refractivity contribution in [1.29, 1.82) is 0 Å². The Morgan fingerprint density at radius 1 is 1.05 bits per heavy atom. The molecular weight excluding hydrogens is 588 g/mol. The van der Waals surface area contributed by atoms with E-state index in [1.54, 1.807) is 30.5 Å². The Balaban J connectivity index is 1.91. The fourth-order valence-corrected chi connectivity index (χ4v) is 4.80. The molecule has 4 rings (SSSR count). The molecule has 1 aromatic heterocycles. The largest absolute Gasteiger partial charge is 0.494 e. The number of benzene rings is 3. The van der Waals surface area contributed by atoms with Crippen molar-refractivity contribution in [2.75, 3.05) is 19.8 Å². The summed E-state index contributed by atoms with van der Waals surface area (Å²) in [4.78, 5) is 29.9. The number of aromatic nitrogens is 2. The molecule has 4 aromatic rings. The second kappa shape index (κ2) is 13.0. The average molecular weight is 622 g/mol. The maximum absolute atomic E-state index is 13.8. The molecule has 10 heteroatoms. The normalized spacial score (nSPS) is 11.4. The lowest BCUT2D eigenvalue weighted by atomic mass is 9.96. The van der Waals surface area contributed by atoms with Crippen molar-refractivity contribution in [1.82, 2.24) is 9.66 Å². The number of primary amides is 1. The molecule has 41 heavy (non-hydrogen) atoms. The van der Waals surface area contributed by atoms with Crippen LogP contribution in [0.4, 0.5) is 0 Å². The summed E-state index contributed by atoms with van der Waals surface area (Å²) in [6.07, 6.45) is 1.55. The molecule has 0 saturated heterocycles. The summed E-state index contributed by atoms with van der Waals surface area (Å²) in [5.74, 6) is 1.57. The SMILES string of the molecule is CCOc1cc(C=Nn2c(-c3cc(C(C)C)c(OCC)cc3C)nc3ccccc3c2=O)c(Br)cc1OCC(N)=O. The Morgan fingerprint density at radius 2 is 1.73 bits per heavy atom. The van der Waals surface area contributed by atoms with Crippen molar-refractivity contribution in [2.45, 2.75) is 40.5 Å². The number of carbonyl (C=O) groups excluding carboxylic acids is 1. The number of halogens is 1. The number of hydrogen-bond donors (Lipinski definition) is 1. The van der Waals surface area contributed by atoms with Gasteiger partial charge in [-0.3, -0.25) is 9.59 Å². The second-order valence-electron chi connectivity index (χ2n) is 9.62. The van der Waals surface area contributed by atoms with Crippen LogP contribution in [0.3, 0.4) is 0 Å². The summed E-state index contributed by atoms with van der Waals surface area (Å²) in [5.41, 5.74) is 8.83. The molecule has 0 spiro atoms. The van der Waals surface area contributed by atoms with Crippen LogP contribution >= 0.6 is 15.9 Å². The Labute approximate surface area is 247 Å². The molecule has 0 unspecified atom stereocenters. The van der Waals surface area contributed by atoms with Crippen LogP contribution in [0.25, 0.3) is 22.3 Å². The van der Waals surface area contributed by atoms with Crippen molar-refractivity contribution in [2.24, 2.45) is 10.8 Å². The van der Waals surface area contributed by atoms with Gasteiger partial charge in [-0.2, -0.15) is 9.78 Å². The zero-order chi connectivity index (χ0) is 29.7. The van der Waals surface area contributed by atoms with E-state index in [4.69, 9.17) is 24.9 Å². The standard InChI is InChI=1S/C31H33BrN4O5/c1-6-39-26-12-19(5)23(14-22(26)18(3)4)30-35-25-11-9-8-10-21(25)31(38)36(30)34-16-20-13-27(40-7-2)28(15-24(20)32)41-17-29(33)37/h8-16,18H,6-7,17H2,1-5H3,(H2,33,37). The van der Waals surface area contributed by atoms with Gasteiger partial charge in [0, 0.05) is 15.6 Å². The Hall–Kier alpha value is -4.18. The van der Waals surface area contributed by atoms with Crippen molar-refractivity contribution >= 4 is 39.0 Å². The van der Waals surface area contributed by atoms with Crippen molar-refractivity contribution in [3.63, 3.8) is 0 Å². The third-order valence-electron chi connectivity index (χ3n) is 6.32. The predicted octanol–water partition coefficient (Wildman–Crippen LogP) is 5.80. The van der Waals surface area contributed by atoms with Gasteiger partial charge in [-0.1, -0.05) is 26.0 Å². The van der Waals surface area contributed by atoms with Crippen molar-refractivity contribution in [3.8, 4) is 28.6 Å². The Bertz CT molecular complexity index is 1680. The molecule has 1 heterocycles. The minimum absolute atomic E-state index is 0.184. The molecule has 0 radical (unpaired) electrons. The number of fused-ring (bicyclic) bond motifs is 1. The zero-order valence-corrected chi connectivity index (χ0v) is 25.3. The third kappa shape index (κ3) is 6.59. The summed E-state index contributed by atoms with van der Waals surface area (Å²) < 4.78 is 19.1. The first-order valence-corrected chi connectivity index (χ1v) is 14.1. The molecule has 3 aromatic carbocycles. The fourth-order valence-electron chi connectivity index (χ4n) is 4.38. The van der Waals surface area contributed by atoms with Crippen LogP contribution in [0.2, 0.25) is 0 Å². The van der Waals surface area contributed by atoms with Crippen LogP contribution in [0, 0.1) is 6.92 Å². The van der Waals surface area contributed by atoms with Crippen LogP contribution in [0.1, 0.15) is 50.3 Å². The van der Waals surface area contributed by atoms with Gasteiger partial charge in [0.15, 0.2) is 23.9 Å². The van der Waals surface area contributed by atoms with Crippen molar-refractivity contribution in [3.05, 3.63) is 80.0 Å². The average Bonchev–Trinajstić information content (AvgIpc) is 2.93. The van der Waals surface area contributed by atoms with Crippen LogP contribution in [-0.2, 0) is 4.79 Å². The van der Waals surface area contributed by atoms with Gasteiger partial charge in [-0.25, -0.2) is 4.98 Å². The maximum atomic E-state index is 13.8. The van der Waals surface area contributed by atoms with E-state index >= 15 is 0 Å². The number of amides is 1. The van der Waals surface area contributed by atoms with Gasteiger partial charge in [0.1, 0.15) is 5.75 Å². The van der Waals surface area contributed by atoms with E-state index in [-0.39, 0.29) is 18.1 Å². The van der Waals surface area contributed by atoms with E-state index in [0.717, 1.165) is 22.4 Å². The molecule has 0 saturated carbocycles. The quantitative estimate of drug-likeness (QED) is 0.212. The van der Waals surface area contributed by atoms with E-state index in [1.165, 1.54) is 4.68 Å². The van der Waals surface area contributed by atoms with E-state index in [0.29, 0.717) is 51.5 Å². The molecule has 0 bridgehead atoms. The topological polar surface area (TPSA) is 118 Å². The van der Waals surface area contributed by atoms with Gasteiger partial charge in [0.05, 0.1) is 30.3 Å². The van der Waals surface area contributed by atoms with E-state index < -0.39 is 5.91 Å². The van der Waals surface area contributed by atoms with Gasteiger partial charge < -0.3 is 19.9 Å². The molecule has 0 fully saturated rings. The fraction of sp³-hybridized carbons (Fsp3) is 0.290. The van der Waals surface area contributed by atoms with Crippen LogP contribution < -0.4 is 25.5 Å². The van der Waals surface area contributed by atoms with Gasteiger partial charge in [0.25, 0.3) is 11.5 Å². The number of para-hydroxylation sites is 1. The first kappa shape index (κ1) is 29.8. The number of ether oxygens (including phenoxy) is 3. The van der Waals surface area contributed by atoms with Crippen LogP contribution in [0.15, 0.2) is 62.9 Å². The van der Waals surface area contributed by atoms with Gasteiger partial charge in [-0.05, 0) is 90.1 Å². The van der Waals surface area contributed by atoms with E-state index in [9.17, 15) is 9.59 Å². The lowest BCUT2D eigenvalue weighted by molar-refractivity contribution is -0.119. The van der Waals surface area contributed by atoms with Crippen molar-refractivity contribution < 1.29 is 19.0 Å². The number of aryl methyl sites for hydroxylation is 1. The molecular formula is C31H33BrN4O5. The molecule has 0 aliphatic heterocycles. The summed E-state index contributed by atoms with van der Waals surface area (Å²) in [7, 11) is 0. The lowest BCUT2D eigenvalue weighted by Gasteiger charge is -2.18. The Morgan fingerprint density at radius 3 is 2.41 bits per heavy atom. The summed E-state index contributed by atoms with van der Waals surface area (Å²) in [6.45, 7) is 10.6. The number of rotatable bonds is 11. The molecule has 2 N–H and O–H groups in total. The van der Waals surface area contributed by atoms with Gasteiger partial charge >= 0.3 is 0 Å². The van der Waals surface area contributed by atoms with Crippen LogP contribution in [0.5, 0.6) is 17.2 Å². The first-order chi connectivity index (χ1) is 19.6. The second-order valence-corrected chi connectivity index (χ2v) is 10.5. The number of hydrogen-bond acceptors (Lipinski definition) is 7. The zero-order valence-electron chi connectivity index (χ0n) is 23.7. The predicted molar refractivity (Wildman–Crippen MR) is 164 cm³/mol. The summed E-state index contributed by atoms with van der Waals surface area (Å²) >= 11 is 3.53. The highest BCUT2D eigenvalue weighted by Crippen LogP contribution is 2.35. The van der Waals surface area contributed by atoms with Gasteiger partial charge in [0.2, 0.25) is 0 Å². The third-order valence-corrected chi connectivity index (χ3v) is 7.01. The number of nitrogens with zero attached hydrogens (tertiary/aromatic N) is 3. The highest BCUT2D eigenvalue weighted by molar-refractivity contribution is 9.10. The van der Waals surface area contributed by atoms with Gasteiger partial charge in [-0.15, -0.1) is 0 Å². The lowest BCUT2D eigenvalue weighted by Crippen LogP contribution is -2.21. The molecule has 1 amide bonds. The molecule has 0 atom stereocenters. The van der Waals surface area contributed by atoms with Crippen LogP contribution in [-0.4, -0.2) is 41.6 Å². The number of carbonyl (C=O) groups is 1. The smallest absolute Gasteiger partial charge is 0.282 e. The maximum Gasteiger partial charge on any atom is 0.282 e. The first-order valence-electron chi connectivity index (χ1n) is 13.4. The van der Waals surface area contributed by atoms with E-state index in [1.807, 2.05) is 45.0 Å². The molecule has 214 valence electrons. The Kier molecular flexibility index (Phi) is 9.44. The monoisotopic (exact) mass is 620 g/mol. The minimum atomic E-state index is -0.602. The highest BCUT2D eigenvalue weighted by Gasteiger charge is 2.19.